The standard InChI is InChI=1S/C7H11NO2/c1-10-7(8)4-2-3-6(9)5-7/h2-4,9H,5,8H2,1H3. The van der Waals surface area contributed by atoms with Crippen LogP contribution in [0.3, 0.4) is 0 Å². The Kier molecular flexibility index (Phi) is 1.78. The van der Waals surface area contributed by atoms with Crippen LogP contribution >= 0.6 is 0 Å². The molecule has 1 unspecified atom stereocenters. The molecule has 0 spiro atoms. The predicted molar refractivity (Wildman–Crippen MR) is 38.4 cm³/mol. The van der Waals surface area contributed by atoms with Gasteiger partial charge in [0.1, 0.15) is 5.72 Å². The van der Waals surface area contributed by atoms with E-state index in [0.717, 1.165) is 0 Å². The third kappa shape index (κ3) is 1.37. The minimum Gasteiger partial charge on any atom is -0.512 e. The molecule has 3 heteroatoms. The van der Waals surface area contributed by atoms with Crippen molar-refractivity contribution in [2.75, 3.05) is 7.11 Å². The summed E-state index contributed by atoms with van der Waals surface area (Å²) in [6.07, 6.45) is 5.35. The molecule has 0 bridgehead atoms. The van der Waals surface area contributed by atoms with Crippen LogP contribution in [0.4, 0.5) is 0 Å². The highest BCUT2D eigenvalue weighted by Gasteiger charge is 2.23. The molecule has 3 nitrogen and oxygen atoms in total. The van der Waals surface area contributed by atoms with Crippen molar-refractivity contribution in [3.63, 3.8) is 0 Å². The summed E-state index contributed by atoms with van der Waals surface area (Å²) in [6, 6.07) is 0. The zero-order valence-electron chi connectivity index (χ0n) is 5.87. The molecule has 0 aromatic carbocycles. The van der Waals surface area contributed by atoms with Crippen LogP contribution in [0.2, 0.25) is 0 Å². The molecule has 0 aromatic heterocycles. The van der Waals surface area contributed by atoms with Gasteiger partial charge < -0.3 is 9.84 Å². The van der Waals surface area contributed by atoms with Crippen molar-refractivity contribution in [3.05, 3.63) is 24.0 Å². The van der Waals surface area contributed by atoms with Crippen LogP contribution in [0, 0.1) is 0 Å². The summed E-state index contributed by atoms with van der Waals surface area (Å²) in [5, 5.41) is 9.03. The van der Waals surface area contributed by atoms with Crippen LogP contribution in [0.25, 0.3) is 0 Å². The molecule has 1 atom stereocenters. The summed E-state index contributed by atoms with van der Waals surface area (Å²) in [5.74, 6) is 0.256. The molecule has 1 aliphatic rings. The Labute approximate surface area is 59.8 Å². The summed E-state index contributed by atoms with van der Waals surface area (Å²) in [6.45, 7) is 0. The third-order valence-electron chi connectivity index (χ3n) is 1.50. The van der Waals surface area contributed by atoms with Crippen LogP contribution in [-0.2, 0) is 4.74 Å². The molecule has 1 rings (SSSR count). The molecule has 0 fully saturated rings. The number of aliphatic hydroxyl groups excluding tert-OH is 1. The second-order valence-corrected chi connectivity index (χ2v) is 2.35. The highest BCUT2D eigenvalue weighted by atomic mass is 16.5. The number of aliphatic hydroxyl groups is 1. The van der Waals surface area contributed by atoms with Gasteiger partial charge in [0.15, 0.2) is 0 Å². The summed E-state index contributed by atoms with van der Waals surface area (Å²) in [7, 11) is 1.52. The molecule has 0 saturated heterocycles. The van der Waals surface area contributed by atoms with E-state index in [9.17, 15) is 0 Å². The fraction of sp³-hybridized carbons (Fsp3) is 0.429. The highest BCUT2D eigenvalue weighted by Crippen LogP contribution is 2.18. The number of rotatable bonds is 1. The second-order valence-electron chi connectivity index (χ2n) is 2.35. The Morgan fingerprint density at radius 2 is 2.50 bits per heavy atom. The smallest absolute Gasteiger partial charge is 0.142 e. The van der Waals surface area contributed by atoms with Gasteiger partial charge in [-0.2, -0.15) is 0 Å². The van der Waals surface area contributed by atoms with Gasteiger partial charge in [-0.3, -0.25) is 5.73 Å². The van der Waals surface area contributed by atoms with E-state index in [1.165, 1.54) is 7.11 Å². The van der Waals surface area contributed by atoms with Crippen LogP contribution < -0.4 is 5.73 Å². The fourth-order valence-electron chi connectivity index (χ4n) is 0.863. The summed E-state index contributed by atoms with van der Waals surface area (Å²) < 4.78 is 4.94. The van der Waals surface area contributed by atoms with Crippen molar-refractivity contribution < 1.29 is 9.84 Å². The average molecular weight is 141 g/mol. The van der Waals surface area contributed by atoms with Crippen LogP contribution in [0.5, 0.6) is 0 Å². The number of hydrogen-bond donors (Lipinski definition) is 2. The van der Waals surface area contributed by atoms with E-state index < -0.39 is 5.72 Å². The van der Waals surface area contributed by atoms with Crippen molar-refractivity contribution in [2.24, 2.45) is 5.73 Å². The number of hydrogen-bond acceptors (Lipinski definition) is 3. The molecule has 10 heavy (non-hydrogen) atoms. The zero-order chi connectivity index (χ0) is 7.61. The number of nitrogens with two attached hydrogens (primary N) is 1. The Hall–Kier alpha value is -0.800. The molecule has 0 heterocycles. The van der Waals surface area contributed by atoms with E-state index in [-0.39, 0.29) is 5.76 Å². The monoisotopic (exact) mass is 141 g/mol. The first-order valence-electron chi connectivity index (χ1n) is 3.08. The lowest BCUT2D eigenvalue weighted by Crippen LogP contribution is -2.40. The molecule has 1 aliphatic carbocycles. The van der Waals surface area contributed by atoms with Crippen molar-refractivity contribution in [1.29, 1.82) is 0 Å². The minimum atomic E-state index is -0.807. The maximum Gasteiger partial charge on any atom is 0.142 e. The Morgan fingerprint density at radius 3 is 2.90 bits per heavy atom. The molecular formula is C7H11NO2. The van der Waals surface area contributed by atoms with Gasteiger partial charge in [0.2, 0.25) is 0 Å². The zero-order valence-corrected chi connectivity index (χ0v) is 5.87. The lowest BCUT2D eigenvalue weighted by atomic mass is 10.0. The Balaban J connectivity index is 2.71. The van der Waals surface area contributed by atoms with E-state index in [0.29, 0.717) is 6.42 Å². The number of ether oxygens (including phenoxy) is 1. The second kappa shape index (κ2) is 2.44. The maximum absolute atomic E-state index is 9.03. The lowest BCUT2D eigenvalue weighted by molar-refractivity contribution is 0.0285. The van der Waals surface area contributed by atoms with Crippen molar-refractivity contribution >= 4 is 0 Å². The Morgan fingerprint density at radius 1 is 1.80 bits per heavy atom. The molecule has 0 radical (unpaired) electrons. The van der Waals surface area contributed by atoms with Gasteiger partial charge >= 0.3 is 0 Å². The van der Waals surface area contributed by atoms with Gasteiger partial charge in [-0.1, -0.05) is 6.08 Å². The quantitative estimate of drug-likeness (QED) is 0.528. The van der Waals surface area contributed by atoms with Crippen LogP contribution in [0.15, 0.2) is 24.0 Å². The van der Waals surface area contributed by atoms with E-state index in [1.54, 1.807) is 18.2 Å². The first-order valence-corrected chi connectivity index (χ1v) is 3.08. The third-order valence-corrected chi connectivity index (χ3v) is 1.50. The normalized spacial score (nSPS) is 32.0. The van der Waals surface area contributed by atoms with E-state index in [4.69, 9.17) is 15.6 Å². The predicted octanol–water partition coefficient (Wildman–Crippen LogP) is 0.690. The minimum absolute atomic E-state index is 0.256. The van der Waals surface area contributed by atoms with E-state index in [2.05, 4.69) is 0 Å². The van der Waals surface area contributed by atoms with Crippen molar-refractivity contribution in [3.8, 4) is 0 Å². The average Bonchev–Trinajstić information content (AvgIpc) is 1.88. The summed E-state index contributed by atoms with van der Waals surface area (Å²) in [5.41, 5.74) is 4.83. The Bertz CT molecular complexity index is 186. The van der Waals surface area contributed by atoms with E-state index in [1.807, 2.05) is 0 Å². The highest BCUT2D eigenvalue weighted by molar-refractivity contribution is 5.19. The van der Waals surface area contributed by atoms with Gasteiger partial charge in [0.25, 0.3) is 0 Å². The van der Waals surface area contributed by atoms with E-state index >= 15 is 0 Å². The van der Waals surface area contributed by atoms with Gasteiger partial charge in [-0.05, 0) is 12.2 Å². The first kappa shape index (κ1) is 7.31. The summed E-state index contributed by atoms with van der Waals surface area (Å²) in [4.78, 5) is 0. The van der Waals surface area contributed by atoms with Gasteiger partial charge in [0, 0.05) is 7.11 Å². The van der Waals surface area contributed by atoms with Gasteiger partial charge in [0.05, 0.1) is 12.2 Å². The molecule has 0 aromatic rings. The first-order chi connectivity index (χ1) is 4.66. The number of methoxy groups -OCH3 is 1. The van der Waals surface area contributed by atoms with Crippen molar-refractivity contribution in [1.82, 2.24) is 0 Å². The molecule has 3 N–H and O–H groups in total. The molecule has 0 aliphatic heterocycles. The maximum atomic E-state index is 9.03. The SMILES string of the molecule is COC1(N)C=CC=C(O)C1. The van der Waals surface area contributed by atoms with Crippen molar-refractivity contribution in [2.45, 2.75) is 12.1 Å². The largest absolute Gasteiger partial charge is 0.512 e. The molecule has 0 amide bonds. The molecular weight excluding hydrogens is 130 g/mol. The molecule has 56 valence electrons. The van der Waals surface area contributed by atoms with Crippen LogP contribution in [-0.4, -0.2) is 17.9 Å². The van der Waals surface area contributed by atoms with Gasteiger partial charge in [-0.25, -0.2) is 0 Å². The lowest BCUT2D eigenvalue weighted by Gasteiger charge is -2.25. The van der Waals surface area contributed by atoms with Gasteiger partial charge in [-0.15, -0.1) is 0 Å². The number of allylic oxidation sites excluding steroid dienone is 2. The fourth-order valence-corrected chi connectivity index (χ4v) is 0.863. The van der Waals surface area contributed by atoms with Crippen LogP contribution in [0.1, 0.15) is 6.42 Å². The molecule has 0 saturated carbocycles. The summed E-state index contributed by atoms with van der Waals surface area (Å²) >= 11 is 0. The topological polar surface area (TPSA) is 55.5 Å².